The van der Waals surface area contributed by atoms with Crippen molar-refractivity contribution in [1.82, 2.24) is 5.32 Å². The van der Waals surface area contributed by atoms with Crippen molar-refractivity contribution in [2.45, 2.75) is 45.3 Å². The highest BCUT2D eigenvalue weighted by molar-refractivity contribution is 6.03. The SMILES string of the molecule is Cc1ccc2c(c1)C(NC(=O)c1ccc3c(c1)C(=O)CC(C)(C)O3)CCO2. The third-order valence-electron chi connectivity index (χ3n) is 5.02. The van der Waals surface area contributed by atoms with Gasteiger partial charge in [0, 0.05) is 17.5 Å². The molecule has 0 saturated carbocycles. The van der Waals surface area contributed by atoms with E-state index in [9.17, 15) is 9.59 Å². The minimum absolute atomic E-state index is 0.00272. The van der Waals surface area contributed by atoms with Crippen molar-refractivity contribution in [3.63, 3.8) is 0 Å². The predicted molar refractivity (Wildman–Crippen MR) is 102 cm³/mol. The van der Waals surface area contributed by atoms with Crippen LogP contribution in [-0.2, 0) is 0 Å². The molecule has 2 aromatic rings. The summed E-state index contributed by atoms with van der Waals surface area (Å²) in [5.74, 6) is 1.16. The van der Waals surface area contributed by atoms with E-state index in [1.165, 1.54) is 0 Å². The number of amides is 1. The number of ketones is 1. The summed E-state index contributed by atoms with van der Waals surface area (Å²) in [6.45, 7) is 6.36. The van der Waals surface area contributed by atoms with Crippen LogP contribution in [0.3, 0.4) is 0 Å². The van der Waals surface area contributed by atoms with E-state index in [2.05, 4.69) is 5.32 Å². The zero-order valence-electron chi connectivity index (χ0n) is 15.8. The van der Waals surface area contributed by atoms with Crippen molar-refractivity contribution in [3.8, 4) is 11.5 Å². The Balaban J connectivity index is 1.58. The van der Waals surface area contributed by atoms with Gasteiger partial charge in [0.05, 0.1) is 24.6 Å². The van der Waals surface area contributed by atoms with Crippen LogP contribution in [0.5, 0.6) is 11.5 Å². The second-order valence-electron chi connectivity index (χ2n) is 7.88. The predicted octanol–water partition coefficient (Wildman–Crippen LogP) is 3.99. The fourth-order valence-electron chi connectivity index (χ4n) is 3.70. The molecule has 5 nitrogen and oxygen atoms in total. The lowest BCUT2D eigenvalue weighted by Gasteiger charge is -2.31. The highest BCUT2D eigenvalue weighted by Crippen LogP contribution is 2.35. The minimum Gasteiger partial charge on any atom is -0.493 e. The van der Waals surface area contributed by atoms with Crippen molar-refractivity contribution in [1.29, 1.82) is 0 Å². The number of carbonyl (C=O) groups is 2. The first-order valence-electron chi connectivity index (χ1n) is 9.23. The molecule has 0 aromatic heterocycles. The van der Waals surface area contributed by atoms with Gasteiger partial charge in [-0.15, -0.1) is 0 Å². The lowest BCUT2D eigenvalue weighted by Crippen LogP contribution is -2.36. The van der Waals surface area contributed by atoms with Gasteiger partial charge in [0.25, 0.3) is 5.91 Å². The molecule has 0 aliphatic carbocycles. The molecule has 0 saturated heterocycles. The third kappa shape index (κ3) is 3.42. The fraction of sp³-hybridized carbons (Fsp3) is 0.364. The molecule has 4 rings (SSSR count). The topological polar surface area (TPSA) is 64.6 Å². The average molecular weight is 365 g/mol. The van der Waals surface area contributed by atoms with Crippen molar-refractivity contribution >= 4 is 11.7 Å². The van der Waals surface area contributed by atoms with Crippen LogP contribution in [0.1, 0.15) is 64.6 Å². The maximum Gasteiger partial charge on any atom is 0.251 e. The summed E-state index contributed by atoms with van der Waals surface area (Å²) in [5, 5.41) is 3.09. The van der Waals surface area contributed by atoms with Crippen LogP contribution < -0.4 is 14.8 Å². The lowest BCUT2D eigenvalue weighted by atomic mass is 9.92. The van der Waals surface area contributed by atoms with E-state index in [0.29, 0.717) is 36.3 Å². The smallest absolute Gasteiger partial charge is 0.251 e. The van der Waals surface area contributed by atoms with Crippen LogP contribution in [0.4, 0.5) is 0 Å². The molecule has 140 valence electrons. The number of fused-ring (bicyclic) bond motifs is 2. The van der Waals surface area contributed by atoms with Crippen LogP contribution in [0.2, 0.25) is 0 Å². The fourth-order valence-corrected chi connectivity index (χ4v) is 3.70. The summed E-state index contributed by atoms with van der Waals surface area (Å²) in [5.41, 5.74) is 2.54. The monoisotopic (exact) mass is 365 g/mol. The van der Waals surface area contributed by atoms with E-state index < -0.39 is 5.60 Å². The van der Waals surface area contributed by atoms with E-state index in [-0.39, 0.29) is 17.7 Å². The maximum absolute atomic E-state index is 12.8. The highest BCUT2D eigenvalue weighted by atomic mass is 16.5. The zero-order chi connectivity index (χ0) is 19.2. The van der Waals surface area contributed by atoms with Crippen LogP contribution in [-0.4, -0.2) is 23.9 Å². The number of Topliss-reactive ketones (excluding diaryl/α,β-unsaturated/α-hetero) is 1. The number of carbonyl (C=O) groups excluding carboxylic acids is 2. The number of hydrogen-bond donors (Lipinski definition) is 1. The first-order valence-corrected chi connectivity index (χ1v) is 9.23. The van der Waals surface area contributed by atoms with Crippen molar-refractivity contribution in [3.05, 3.63) is 58.7 Å². The van der Waals surface area contributed by atoms with Gasteiger partial charge in [-0.2, -0.15) is 0 Å². The van der Waals surface area contributed by atoms with E-state index in [0.717, 1.165) is 16.9 Å². The molecular weight excluding hydrogens is 342 g/mol. The number of hydrogen-bond acceptors (Lipinski definition) is 4. The number of nitrogens with one attached hydrogen (secondary N) is 1. The molecule has 1 N–H and O–H groups in total. The molecule has 27 heavy (non-hydrogen) atoms. The zero-order valence-corrected chi connectivity index (χ0v) is 15.8. The number of aryl methyl sites for hydroxylation is 1. The molecule has 1 atom stereocenters. The highest BCUT2D eigenvalue weighted by Gasteiger charge is 2.33. The van der Waals surface area contributed by atoms with Crippen LogP contribution in [0.25, 0.3) is 0 Å². The third-order valence-corrected chi connectivity index (χ3v) is 5.02. The average Bonchev–Trinajstić information content (AvgIpc) is 2.61. The molecule has 5 heteroatoms. The Hall–Kier alpha value is -2.82. The summed E-state index contributed by atoms with van der Waals surface area (Å²) in [6, 6.07) is 10.9. The lowest BCUT2D eigenvalue weighted by molar-refractivity contribution is 0.0620. The number of rotatable bonds is 2. The van der Waals surface area contributed by atoms with E-state index in [4.69, 9.17) is 9.47 Å². The Morgan fingerprint density at radius 2 is 1.93 bits per heavy atom. The van der Waals surface area contributed by atoms with Gasteiger partial charge >= 0.3 is 0 Å². The molecule has 0 spiro atoms. The van der Waals surface area contributed by atoms with E-state index in [1.54, 1.807) is 18.2 Å². The van der Waals surface area contributed by atoms with Crippen molar-refractivity contribution in [2.24, 2.45) is 0 Å². The first kappa shape index (κ1) is 17.6. The molecule has 2 aliphatic heterocycles. The first-order chi connectivity index (χ1) is 12.8. The van der Waals surface area contributed by atoms with Crippen molar-refractivity contribution in [2.75, 3.05) is 6.61 Å². The Morgan fingerprint density at radius 1 is 1.15 bits per heavy atom. The second-order valence-corrected chi connectivity index (χ2v) is 7.88. The molecule has 0 radical (unpaired) electrons. The van der Waals surface area contributed by atoms with Gasteiger partial charge in [0.2, 0.25) is 0 Å². The standard InChI is InChI=1S/C22H23NO4/c1-13-4-6-19-15(10-13)17(8-9-26-19)23-21(25)14-5-7-20-16(11-14)18(24)12-22(2,3)27-20/h4-7,10-11,17H,8-9,12H2,1-3H3,(H,23,25). The molecule has 0 bridgehead atoms. The van der Waals surface area contributed by atoms with Gasteiger partial charge in [-0.1, -0.05) is 17.7 Å². The Labute approximate surface area is 158 Å². The van der Waals surface area contributed by atoms with Crippen LogP contribution in [0.15, 0.2) is 36.4 Å². The number of ether oxygens (including phenoxy) is 2. The maximum atomic E-state index is 12.8. The molecule has 1 amide bonds. The number of benzene rings is 2. The molecule has 2 aromatic carbocycles. The summed E-state index contributed by atoms with van der Waals surface area (Å²) in [7, 11) is 0. The molecule has 1 unspecified atom stereocenters. The van der Waals surface area contributed by atoms with Gasteiger partial charge in [-0.3, -0.25) is 9.59 Å². The Bertz CT molecular complexity index is 932. The van der Waals surface area contributed by atoms with Crippen LogP contribution >= 0.6 is 0 Å². The summed E-state index contributed by atoms with van der Waals surface area (Å²) in [4.78, 5) is 25.3. The van der Waals surface area contributed by atoms with E-state index in [1.807, 2.05) is 39.0 Å². The summed E-state index contributed by atoms with van der Waals surface area (Å²) in [6.07, 6.45) is 1.01. The second kappa shape index (κ2) is 6.41. The molecule has 2 heterocycles. The van der Waals surface area contributed by atoms with Gasteiger partial charge in [0.1, 0.15) is 17.1 Å². The summed E-state index contributed by atoms with van der Waals surface area (Å²) < 4.78 is 11.6. The molecular formula is C22H23NO4. The minimum atomic E-state index is -0.516. The van der Waals surface area contributed by atoms with Gasteiger partial charge in [0.15, 0.2) is 5.78 Å². The Kier molecular flexibility index (Phi) is 4.17. The van der Waals surface area contributed by atoms with Gasteiger partial charge < -0.3 is 14.8 Å². The normalized spacial score (nSPS) is 20.0. The Morgan fingerprint density at radius 3 is 2.74 bits per heavy atom. The van der Waals surface area contributed by atoms with E-state index >= 15 is 0 Å². The van der Waals surface area contributed by atoms with Crippen molar-refractivity contribution < 1.29 is 19.1 Å². The van der Waals surface area contributed by atoms with Gasteiger partial charge in [-0.05, 0) is 45.0 Å². The quantitative estimate of drug-likeness (QED) is 0.874. The molecule has 0 fully saturated rings. The largest absolute Gasteiger partial charge is 0.493 e. The molecule has 2 aliphatic rings. The van der Waals surface area contributed by atoms with Crippen LogP contribution in [0, 0.1) is 6.92 Å². The van der Waals surface area contributed by atoms with Gasteiger partial charge in [-0.25, -0.2) is 0 Å². The summed E-state index contributed by atoms with van der Waals surface area (Å²) >= 11 is 0.